The van der Waals surface area contributed by atoms with E-state index in [1.165, 1.54) is 0 Å². The summed E-state index contributed by atoms with van der Waals surface area (Å²) in [6.07, 6.45) is 0.943. The molecule has 1 aromatic rings. The first-order valence-electron chi connectivity index (χ1n) is 6.84. The summed E-state index contributed by atoms with van der Waals surface area (Å²) < 4.78 is 5.60. The summed E-state index contributed by atoms with van der Waals surface area (Å²) in [5, 5.41) is 0. The van der Waals surface area contributed by atoms with Crippen LogP contribution in [0, 0.1) is 0 Å². The van der Waals surface area contributed by atoms with Crippen LogP contribution in [0.25, 0.3) is 0 Å². The van der Waals surface area contributed by atoms with Crippen molar-refractivity contribution in [2.45, 2.75) is 39.8 Å². The lowest BCUT2D eigenvalue weighted by molar-refractivity contribution is -0.135. The maximum Gasteiger partial charge on any atom is 0.260 e. The van der Waals surface area contributed by atoms with Crippen LogP contribution in [0.15, 0.2) is 24.3 Å². The fraction of sp³-hybridized carbons (Fsp3) is 0.533. The van der Waals surface area contributed by atoms with E-state index < -0.39 is 0 Å². The summed E-state index contributed by atoms with van der Waals surface area (Å²) in [6.45, 7) is 7.29. The number of carbonyl (C=O) groups excluding carboxylic acids is 1. The average Bonchev–Trinajstić information content (AvgIpc) is 2.45. The summed E-state index contributed by atoms with van der Waals surface area (Å²) in [5.74, 6) is 0.710. The van der Waals surface area contributed by atoms with Gasteiger partial charge in [0.25, 0.3) is 5.91 Å². The minimum Gasteiger partial charge on any atom is -0.483 e. The predicted octanol–water partition coefficient (Wildman–Crippen LogP) is 2.17. The second-order valence-corrected chi connectivity index (χ2v) is 4.54. The zero-order chi connectivity index (χ0) is 14.3. The van der Waals surface area contributed by atoms with Gasteiger partial charge in [-0.05, 0) is 26.3 Å². The monoisotopic (exact) mass is 264 g/mol. The first-order chi connectivity index (χ1) is 9.13. The lowest BCUT2D eigenvalue weighted by atomic mass is 10.2. The molecule has 1 aromatic carbocycles. The Kier molecular flexibility index (Phi) is 6.36. The number of hydrogen-bond donors (Lipinski definition) is 1. The Morgan fingerprint density at radius 3 is 2.63 bits per heavy atom. The molecular weight excluding hydrogens is 240 g/mol. The third kappa shape index (κ3) is 4.24. The third-order valence-electron chi connectivity index (χ3n) is 3.33. The Morgan fingerprint density at radius 2 is 2.05 bits per heavy atom. The van der Waals surface area contributed by atoms with Gasteiger partial charge in [-0.2, -0.15) is 0 Å². The number of para-hydroxylation sites is 1. The molecule has 0 saturated carbocycles. The van der Waals surface area contributed by atoms with E-state index in [1.54, 1.807) is 0 Å². The van der Waals surface area contributed by atoms with E-state index >= 15 is 0 Å². The average molecular weight is 264 g/mol. The summed E-state index contributed by atoms with van der Waals surface area (Å²) in [4.78, 5) is 14.0. The molecule has 19 heavy (non-hydrogen) atoms. The van der Waals surface area contributed by atoms with Gasteiger partial charge in [0, 0.05) is 24.7 Å². The Bertz CT molecular complexity index is 407. The number of amides is 1. The highest BCUT2D eigenvalue weighted by Gasteiger charge is 2.17. The zero-order valence-corrected chi connectivity index (χ0v) is 12.1. The van der Waals surface area contributed by atoms with Gasteiger partial charge in [-0.25, -0.2) is 0 Å². The molecule has 0 radical (unpaired) electrons. The Labute approximate surface area is 115 Å². The van der Waals surface area contributed by atoms with E-state index in [-0.39, 0.29) is 18.6 Å². The maximum absolute atomic E-state index is 12.1. The Hall–Kier alpha value is -1.55. The molecule has 0 aliphatic heterocycles. The first kappa shape index (κ1) is 15.5. The molecule has 0 aliphatic carbocycles. The molecule has 0 aliphatic rings. The number of ether oxygens (including phenoxy) is 1. The highest BCUT2D eigenvalue weighted by atomic mass is 16.5. The fourth-order valence-corrected chi connectivity index (χ4v) is 1.99. The van der Waals surface area contributed by atoms with Gasteiger partial charge in [-0.1, -0.05) is 25.1 Å². The molecule has 0 bridgehead atoms. The van der Waals surface area contributed by atoms with E-state index in [0.717, 1.165) is 12.0 Å². The first-order valence-corrected chi connectivity index (χ1v) is 6.84. The minimum atomic E-state index is 0.0173. The lowest BCUT2D eigenvalue weighted by Gasteiger charge is -2.27. The Balaban J connectivity index is 2.62. The third-order valence-corrected chi connectivity index (χ3v) is 3.33. The van der Waals surface area contributed by atoms with Crippen molar-refractivity contribution in [3.63, 3.8) is 0 Å². The SMILES string of the molecule is CCC(C)N(CC)C(=O)COc1ccccc1CN. The molecule has 0 saturated heterocycles. The molecule has 0 spiro atoms. The topological polar surface area (TPSA) is 55.6 Å². The zero-order valence-electron chi connectivity index (χ0n) is 12.1. The van der Waals surface area contributed by atoms with Crippen molar-refractivity contribution in [2.75, 3.05) is 13.2 Å². The quantitative estimate of drug-likeness (QED) is 0.821. The highest BCUT2D eigenvalue weighted by molar-refractivity contribution is 5.78. The molecule has 4 heteroatoms. The molecule has 106 valence electrons. The lowest BCUT2D eigenvalue weighted by Crippen LogP contribution is -2.41. The maximum atomic E-state index is 12.1. The van der Waals surface area contributed by atoms with E-state index in [1.807, 2.05) is 36.1 Å². The van der Waals surface area contributed by atoms with Crippen LogP contribution in [-0.2, 0) is 11.3 Å². The van der Waals surface area contributed by atoms with Crippen molar-refractivity contribution in [1.29, 1.82) is 0 Å². The van der Waals surface area contributed by atoms with Crippen LogP contribution < -0.4 is 10.5 Å². The molecule has 1 atom stereocenters. The van der Waals surface area contributed by atoms with Crippen molar-refractivity contribution in [3.8, 4) is 5.75 Å². The van der Waals surface area contributed by atoms with Gasteiger partial charge in [0.05, 0.1) is 0 Å². The van der Waals surface area contributed by atoms with Gasteiger partial charge in [-0.3, -0.25) is 4.79 Å². The fourth-order valence-electron chi connectivity index (χ4n) is 1.99. The minimum absolute atomic E-state index is 0.0173. The Morgan fingerprint density at radius 1 is 1.37 bits per heavy atom. The molecule has 0 heterocycles. The number of hydrogen-bond acceptors (Lipinski definition) is 3. The summed E-state index contributed by atoms with van der Waals surface area (Å²) in [7, 11) is 0. The van der Waals surface area contributed by atoms with Crippen LogP contribution in [0.2, 0.25) is 0 Å². The largest absolute Gasteiger partial charge is 0.483 e. The van der Waals surface area contributed by atoms with Crippen molar-refractivity contribution >= 4 is 5.91 Å². The normalized spacial score (nSPS) is 12.0. The molecule has 1 amide bonds. The van der Waals surface area contributed by atoms with Gasteiger partial charge in [0.15, 0.2) is 6.61 Å². The van der Waals surface area contributed by atoms with E-state index in [9.17, 15) is 4.79 Å². The van der Waals surface area contributed by atoms with E-state index in [4.69, 9.17) is 10.5 Å². The standard InChI is InChI=1S/C15H24N2O2/c1-4-12(3)17(5-2)15(18)11-19-14-9-7-6-8-13(14)10-16/h6-9,12H,4-5,10-11,16H2,1-3H3. The summed E-state index contributed by atoms with van der Waals surface area (Å²) >= 11 is 0. The second-order valence-electron chi connectivity index (χ2n) is 4.54. The predicted molar refractivity (Wildman–Crippen MR) is 77.0 cm³/mol. The highest BCUT2D eigenvalue weighted by Crippen LogP contribution is 2.17. The number of likely N-dealkylation sites (N-methyl/N-ethyl adjacent to an activating group) is 1. The van der Waals surface area contributed by atoms with Gasteiger partial charge in [-0.15, -0.1) is 0 Å². The van der Waals surface area contributed by atoms with Crippen molar-refractivity contribution in [1.82, 2.24) is 4.90 Å². The molecule has 2 N–H and O–H groups in total. The molecule has 0 aromatic heterocycles. The molecular formula is C15H24N2O2. The number of nitrogens with zero attached hydrogens (tertiary/aromatic N) is 1. The van der Waals surface area contributed by atoms with Gasteiger partial charge < -0.3 is 15.4 Å². The summed E-state index contributed by atoms with van der Waals surface area (Å²) in [5.41, 5.74) is 6.56. The molecule has 1 unspecified atom stereocenters. The number of rotatable bonds is 7. The van der Waals surface area contributed by atoms with Gasteiger partial charge >= 0.3 is 0 Å². The van der Waals surface area contributed by atoms with Crippen LogP contribution in [0.3, 0.4) is 0 Å². The van der Waals surface area contributed by atoms with Crippen molar-refractivity contribution < 1.29 is 9.53 Å². The molecule has 4 nitrogen and oxygen atoms in total. The van der Waals surface area contributed by atoms with Gasteiger partial charge in [0.2, 0.25) is 0 Å². The number of carbonyl (C=O) groups is 1. The van der Waals surface area contributed by atoms with Crippen LogP contribution >= 0.6 is 0 Å². The number of benzene rings is 1. The number of nitrogens with two attached hydrogens (primary N) is 1. The smallest absolute Gasteiger partial charge is 0.260 e. The summed E-state index contributed by atoms with van der Waals surface area (Å²) in [6, 6.07) is 7.78. The van der Waals surface area contributed by atoms with Crippen LogP contribution in [-0.4, -0.2) is 30.0 Å². The molecule has 0 fully saturated rings. The van der Waals surface area contributed by atoms with Crippen molar-refractivity contribution in [2.24, 2.45) is 5.73 Å². The van der Waals surface area contributed by atoms with E-state index in [0.29, 0.717) is 18.8 Å². The second kappa shape index (κ2) is 7.79. The van der Waals surface area contributed by atoms with Crippen molar-refractivity contribution in [3.05, 3.63) is 29.8 Å². The van der Waals surface area contributed by atoms with Crippen LogP contribution in [0.1, 0.15) is 32.8 Å². The van der Waals surface area contributed by atoms with Gasteiger partial charge in [0.1, 0.15) is 5.75 Å². The van der Waals surface area contributed by atoms with E-state index in [2.05, 4.69) is 13.8 Å². The van der Waals surface area contributed by atoms with Crippen LogP contribution in [0.5, 0.6) is 5.75 Å². The molecule has 1 rings (SSSR count). The van der Waals surface area contributed by atoms with Crippen LogP contribution in [0.4, 0.5) is 0 Å².